The van der Waals surface area contributed by atoms with Gasteiger partial charge in [-0.2, -0.15) is 0 Å². The lowest BCUT2D eigenvalue weighted by Crippen LogP contribution is -2.49. The highest BCUT2D eigenvalue weighted by Crippen LogP contribution is 2.39. The van der Waals surface area contributed by atoms with E-state index in [2.05, 4.69) is 20.8 Å². The molecule has 0 spiro atoms. The van der Waals surface area contributed by atoms with E-state index < -0.39 is 67.1 Å². The molecule has 0 fully saturated rings. The van der Waals surface area contributed by atoms with Gasteiger partial charge in [0.05, 0.1) is 66.3 Å². The van der Waals surface area contributed by atoms with Crippen LogP contribution in [0.25, 0.3) is 6.08 Å². The molecule has 0 aliphatic rings. The zero-order valence-corrected chi connectivity index (χ0v) is 40.8. The normalized spacial score (nSPS) is 11.3. The molecule has 15 nitrogen and oxygen atoms in total. The molecule has 15 heteroatoms. The van der Waals surface area contributed by atoms with E-state index in [1.807, 2.05) is 19.0 Å². The minimum Gasteiger partial charge on any atom is -0.493 e. The van der Waals surface area contributed by atoms with Crippen LogP contribution in [0.15, 0.2) is 18.2 Å². The molecule has 0 N–H and O–H groups in total. The number of ether oxygens (including phenoxy) is 8. The molecule has 1 aromatic carbocycles. The molecule has 0 aliphatic heterocycles. The number of hydrogen-bond donors (Lipinski definition) is 0. The van der Waals surface area contributed by atoms with Gasteiger partial charge in [0.1, 0.15) is 0 Å². The van der Waals surface area contributed by atoms with Gasteiger partial charge in [-0.25, -0.2) is 9.59 Å². The summed E-state index contributed by atoms with van der Waals surface area (Å²) >= 11 is 0. The maximum Gasteiger partial charge on any atom is 0.351 e. The average molecular weight is 920 g/mol. The van der Waals surface area contributed by atoms with E-state index in [4.69, 9.17) is 37.9 Å². The van der Waals surface area contributed by atoms with E-state index in [1.54, 1.807) is 0 Å². The van der Waals surface area contributed by atoms with Crippen LogP contribution >= 0.6 is 0 Å². The molecule has 0 unspecified atom stereocenters. The average Bonchev–Trinajstić information content (AvgIpc) is 3.28. The highest BCUT2D eigenvalue weighted by molar-refractivity contribution is 5.93. The van der Waals surface area contributed by atoms with Crippen molar-refractivity contribution in [3.8, 4) is 17.2 Å². The van der Waals surface area contributed by atoms with E-state index in [0.717, 1.165) is 103 Å². The molecule has 0 bridgehead atoms. The third-order valence-corrected chi connectivity index (χ3v) is 10.4. The number of hydrogen-bond acceptors (Lipinski definition) is 15. The second kappa shape index (κ2) is 36.5. The highest BCUT2D eigenvalue weighted by atomic mass is 16.6. The molecule has 0 heterocycles. The number of nitrogens with zero attached hydrogens (tertiary/aromatic N) is 1. The van der Waals surface area contributed by atoms with Crippen LogP contribution in [-0.2, 0) is 52.5 Å². The van der Waals surface area contributed by atoms with Crippen molar-refractivity contribution in [2.75, 3.05) is 61.3 Å². The van der Waals surface area contributed by atoms with E-state index in [1.165, 1.54) is 38.5 Å². The van der Waals surface area contributed by atoms with Gasteiger partial charge in [-0.3, -0.25) is 19.2 Å². The van der Waals surface area contributed by atoms with Gasteiger partial charge in [0.15, 0.2) is 11.5 Å². The second-order valence-electron chi connectivity index (χ2n) is 16.6. The lowest BCUT2D eigenvalue weighted by Gasteiger charge is -2.30. The van der Waals surface area contributed by atoms with Gasteiger partial charge in [-0.15, -0.1) is 0 Å². The Bertz CT molecular complexity index is 1500. The molecule has 0 aromatic heterocycles. The van der Waals surface area contributed by atoms with Crippen molar-refractivity contribution in [2.24, 2.45) is 0 Å². The molecule has 0 atom stereocenters. The first kappa shape index (κ1) is 58.4. The molecule has 0 saturated carbocycles. The highest BCUT2D eigenvalue weighted by Gasteiger charge is 2.49. The van der Waals surface area contributed by atoms with Gasteiger partial charge in [0.2, 0.25) is 11.4 Å². The lowest BCUT2D eigenvalue weighted by molar-refractivity contribution is -0.191. The first-order chi connectivity index (χ1) is 31.3. The van der Waals surface area contributed by atoms with Gasteiger partial charge in [0.25, 0.3) is 0 Å². The maximum absolute atomic E-state index is 14.0. The van der Waals surface area contributed by atoms with Crippen LogP contribution in [-0.4, -0.2) is 108 Å². The topological polar surface area (TPSA) is 179 Å². The van der Waals surface area contributed by atoms with Crippen molar-refractivity contribution >= 4 is 41.9 Å². The van der Waals surface area contributed by atoms with Crippen LogP contribution < -0.4 is 14.2 Å². The number of carbonyl (C=O) groups is 6. The standard InChI is InChI=1S/C50H81NO14/c1-8-11-14-17-20-23-32-61-46(55)38-50(49(57)63-34-25-22-19-16-13-10-3,39-47(56)62-33-24-21-18-15-12-9-2)65-45(54)30-29-44(53)64-48-41(58-6)36-40(37-42(48)59-7)27-28-43(52)60-35-26-31-51(4)5/h27-28,36-37H,8-26,29-35,38-39H2,1-7H3/b28-27+. The number of esters is 6. The summed E-state index contributed by atoms with van der Waals surface area (Å²) < 4.78 is 44.2. The van der Waals surface area contributed by atoms with Gasteiger partial charge in [-0.1, -0.05) is 117 Å². The van der Waals surface area contributed by atoms with Gasteiger partial charge < -0.3 is 42.8 Å². The fourth-order valence-corrected chi connectivity index (χ4v) is 6.71. The summed E-state index contributed by atoms with van der Waals surface area (Å²) in [6.07, 6.45) is 17.7. The summed E-state index contributed by atoms with van der Waals surface area (Å²) in [5.41, 5.74) is -1.92. The van der Waals surface area contributed by atoms with Crippen LogP contribution in [0.5, 0.6) is 17.2 Å². The number of methoxy groups -OCH3 is 2. The number of benzene rings is 1. The Balaban J connectivity index is 3.25. The Morgan fingerprint density at radius 1 is 0.538 bits per heavy atom. The summed E-state index contributed by atoms with van der Waals surface area (Å²) in [6, 6.07) is 3.05. The molecular formula is C50H81NO14. The number of rotatable bonds is 39. The Morgan fingerprint density at radius 3 is 1.43 bits per heavy atom. The predicted octanol–water partition coefficient (Wildman–Crippen LogP) is 9.67. The van der Waals surface area contributed by atoms with E-state index in [9.17, 15) is 28.8 Å². The fourth-order valence-electron chi connectivity index (χ4n) is 6.71. The Hall–Kier alpha value is -4.66. The minimum absolute atomic E-state index is 0.0183. The van der Waals surface area contributed by atoms with Gasteiger partial charge in [0, 0.05) is 12.6 Å². The van der Waals surface area contributed by atoms with Crippen LogP contribution in [0.2, 0.25) is 0 Å². The summed E-state index contributed by atoms with van der Waals surface area (Å²) in [5.74, 6) is -5.11. The summed E-state index contributed by atoms with van der Waals surface area (Å²) in [5, 5.41) is 0. The van der Waals surface area contributed by atoms with Crippen LogP contribution in [0.1, 0.15) is 174 Å². The van der Waals surface area contributed by atoms with Crippen LogP contribution in [0.3, 0.4) is 0 Å². The van der Waals surface area contributed by atoms with Crippen molar-refractivity contribution in [1.29, 1.82) is 0 Å². The Morgan fingerprint density at radius 2 is 0.969 bits per heavy atom. The minimum atomic E-state index is -2.41. The molecule has 1 rings (SSSR count). The zero-order valence-electron chi connectivity index (χ0n) is 40.8. The van der Waals surface area contributed by atoms with Crippen molar-refractivity contribution in [1.82, 2.24) is 4.90 Å². The summed E-state index contributed by atoms with van der Waals surface area (Å²) in [7, 11) is 6.58. The Labute approximate surface area is 388 Å². The maximum atomic E-state index is 14.0. The van der Waals surface area contributed by atoms with E-state index in [0.29, 0.717) is 31.2 Å². The first-order valence-electron chi connectivity index (χ1n) is 24.0. The smallest absolute Gasteiger partial charge is 0.351 e. The van der Waals surface area contributed by atoms with Crippen molar-refractivity contribution in [2.45, 2.75) is 174 Å². The van der Waals surface area contributed by atoms with E-state index in [-0.39, 0.29) is 43.7 Å². The van der Waals surface area contributed by atoms with Crippen molar-refractivity contribution < 1.29 is 66.7 Å². The molecule has 0 saturated heterocycles. The molecule has 0 amide bonds. The van der Waals surface area contributed by atoms with Crippen LogP contribution in [0.4, 0.5) is 0 Å². The molecular weight excluding hydrogens is 839 g/mol. The van der Waals surface area contributed by atoms with Crippen molar-refractivity contribution in [3.63, 3.8) is 0 Å². The largest absolute Gasteiger partial charge is 0.493 e. The SMILES string of the molecule is CCCCCCCCOC(=O)CC(CC(=O)OCCCCCCCC)(OC(=O)CCC(=O)Oc1c(OC)cc(/C=C/C(=O)OCCCN(C)C)cc1OC)C(=O)OCCCCCCCC. The van der Waals surface area contributed by atoms with Crippen molar-refractivity contribution in [3.05, 3.63) is 23.8 Å². The number of unbranched alkanes of at least 4 members (excludes halogenated alkanes) is 15. The molecule has 370 valence electrons. The molecule has 0 radical (unpaired) electrons. The first-order valence-corrected chi connectivity index (χ1v) is 24.0. The summed E-state index contributed by atoms with van der Waals surface area (Å²) in [4.78, 5) is 81.9. The Kier molecular flexibility index (Phi) is 32.8. The third-order valence-electron chi connectivity index (χ3n) is 10.4. The number of carbonyl (C=O) groups excluding carboxylic acids is 6. The molecule has 0 aliphatic carbocycles. The second-order valence-corrected chi connectivity index (χ2v) is 16.6. The van der Waals surface area contributed by atoms with Gasteiger partial charge >= 0.3 is 35.8 Å². The quantitative estimate of drug-likeness (QED) is 0.0200. The monoisotopic (exact) mass is 920 g/mol. The zero-order chi connectivity index (χ0) is 48.1. The fraction of sp³-hybridized carbons (Fsp3) is 0.720. The predicted molar refractivity (Wildman–Crippen MR) is 249 cm³/mol. The third kappa shape index (κ3) is 27.4. The lowest BCUT2D eigenvalue weighted by atomic mass is 9.94. The molecule has 1 aromatic rings. The van der Waals surface area contributed by atoms with Crippen LogP contribution in [0, 0.1) is 0 Å². The molecule has 65 heavy (non-hydrogen) atoms. The van der Waals surface area contributed by atoms with Gasteiger partial charge in [-0.05, 0) is 63.6 Å². The summed E-state index contributed by atoms with van der Waals surface area (Å²) in [6.45, 7) is 7.56. The van der Waals surface area contributed by atoms with E-state index >= 15 is 0 Å².